The topological polar surface area (TPSA) is 44.1 Å². The molecule has 0 saturated heterocycles. The summed E-state index contributed by atoms with van der Waals surface area (Å²) in [5.74, 6) is 0.259. The number of halogens is 2. The third-order valence-corrected chi connectivity index (χ3v) is 4.56. The average molecular weight is 420 g/mol. The standard InChI is InChI=1S/C19H16BrClN2O2/c1-2-25-19(24)17-12-23(11-14-5-3-4-6-16(14)21)18(22-17)13-7-9-15(20)10-8-13/h3-10,12H,2,11H2,1H3. The van der Waals surface area contributed by atoms with E-state index in [1.807, 2.05) is 53.1 Å². The number of hydrogen-bond donors (Lipinski definition) is 0. The van der Waals surface area contributed by atoms with Gasteiger partial charge in [-0.2, -0.15) is 0 Å². The van der Waals surface area contributed by atoms with Crippen LogP contribution >= 0.6 is 27.5 Å². The zero-order valence-corrected chi connectivity index (χ0v) is 15.9. The second-order valence-corrected chi connectivity index (χ2v) is 6.72. The fraction of sp³-hybridized carbons (Fsp3) is 0.158. The SMILES string of the molecule is CCOC(=O)c1cn(Cc2ccccc2Cl)c(-c2ccc(Br)cc2)n1. The van der Waals surface area contributed by atoms with E-state index >= 15 is 0 Å². The van der Waals surface area contributed by atoms with E-state index < -0.39 is 5.97 Å². The number of hydrogen-bond acceptors (Lipinski definition) is 3. The van der Waals surface area contributed by atoms with Crippen LogP contribution in [-0.2, 0) is 11.3 Å². The average Bonchev–Trinajstić information content (AvgIpc) is 3.02. The molecule has 0 N–H and O–H groups in total. The second-order valence-electron chi connectivity index (χ2n) is 5.40. The third kappa shape index (κ3) is 4.11. The van der Waals surface area contributed by atoms with Crippen LogP contribution in [0.3, 0.4) is 0 Å². The molecule has 1 heterocycles. The van der Waals surface area contributed by atoms with Gasteiger partial charge in [0.2, 0.25) is 0 Å². The normalized spacial score (nSPS) is 10.7. The van der Waals surface area contributed by atoms with E-state index in [0.29, 0.717) is 24.0 Å². The Morgan fingerprint density at radius 1 is 1.20 bits per heavy atom. The number of imidazole rings is 1. The van der Waals surface area contributed by atoms with Crippen LogP contribution in [-0.4, -0.2) is 22.1 Å². The third-order valence-electron chi connectivity index (χ3n) is 3.66. The maximum absolute atomic E-state index is 12.1. The minimum atomic E-state index is -0.432. The van der Waals surface area contributed by atoms with E-state index in [2.05, 4.69) is 20.9 Å². The fourth-order valence-corrected chi connectivity index (χ4v) is 2.94. The van der Waals surface area contributed by atoms with Crippen molar-refractivity contribution in [1.82, 2.24) is 9.55 Å². The van der Waals surface area contributed by atoms with Crippen molar-refractivity contribution in [3.63, 3.8) is 0 Å². The first kappa shape index (κ1) is 17.7. The lowest BCUT2D eigenvalue weighted by atomic mass is 10.2. The highest BCUT2D eigenvalue weighted by Crippen LogP contribution is 2.24. The van der Waals surface area contributed by atoms with Gasteiger partial charge in [0.05, 0.1) is 13.2 Å². The smallest absolute Gasteiger partial charge is 0.358 e. The monoisotopic (exact) mass is 418 g/mol. The van der Waals surface area contributed by atoms with Crippen molar-refractivity contribution in [2.24, 2.45) is 0 Å². The minimum absolute atomic E-state index is 0.284. The number of benzene rings is 2. The van der Waals surface area contributed by atoms with E-state index in [1.54, 1.807) is 13.1 Å². The van der Waals surface area contributed by atoms with E-state index in [9.17, 15) is 4.79 Å². The number of rotatable bonds is 5. The first-order valence-electron chi connectivity index (χ1n) is 7.82. The summed E-state index contributed by atoms with van der Waals surface area (Å²) in [6, 6.07) is 15.4. The number of nitrogens with zero attached hydrogens (tertiary/aromatic N) is 2. The lowest BCUT2D eigenvalue weighted by molar-refractivity contribution is 0.0520. The van der Waals surface area contributed by atoms with Gasteiger partial charge in [0.25, 0.3) is 0 Å². The molecular formula is C19H16BrClN2O2. The predicted molar refractivity (Wildman–Crippen MR) is 102 cm³/mol. The highest BCUT2D eigenvalue weighted by molar-refractivity contribution is 9.10. The first-order valence-corrected chi connectivity index (χ1v) is 8.99. The number of esters is 1. The molecule has 1 aromatic heterocycles. The molecule has 0 aliphatic heterocycles. The lowest BCUT2D eigenvalue weighted by Gasteiger charge is -2.09. The highest BCUT2D eigenvalue weighted by atomic mass is 79.9. The van der Waals surface area contributed by atoms with Crippen LogP contribution in [0.1, 0.15) is 23.0 Å². The zero-order chi connectivity index (χ0) is 17.8. The van der Waals surface area contributed by atoms with Crippen molar-refractivity contribution >= 4 is 33.5 Å². The molecule has 0 fully saturated rings. The van der Waals surface area contributed by atoms with Gasteiger partial charge in [-0.15, -0.1) is 0 Å². The van der Waals surface area contributed by atoms with E-state index in [-0.39, 0.29) is 5.69 Å². The molecule has 25 heavy (non-hydrogen) atoms. The Labute approximate surface area is 159 Å². The molecule has 0 amide bonds. The number of carbonyl (C=O) groups is 1. The molecule has 0 radical (unpaired) electrons. The summed E-state index contributed by atoms with van der Waals surface area (Å²) in [5.41, 5.74) is 2.15. The Kier molecular flexibility index (Phi) is 5.56. The summed E-state index contributed by atoms with van der Waals surface area (Å²) in [4.78, 5) is 16.6. The van der Waals surface area contributed by atoms with E-state index in [0.717, 1.165) is 15.6 Å². The van der Waals surface area contributed by atoms with Gasteiger partial charge in [0.1, 0.15) is 5.82 Å². The van der Waals surface area contributed by atoms with Crippen molar-refractivity contribution in [3.8, 4) is 11.4 Å². The molecule has 0 aliphatic rings. The van der Waals surface area contributed by atoms with Gasteiger partial charge in [0, 0.05) is 21.3 Å². The Morgan fingerprint density at radius 2 is 1.92 bits per heavy atom. The van der Waals surface area contributed by atoms with Crippen LogP contribution in [0, 0.1) is 0 Å². The molecule has 0 unspecified atom stereocenters. The second kappa shape index (κ2) is 7.85. The molecule has 3 aromatic rings. The molecule has 6 heteroatoms. The van der Waals surface area contributed by atoms with Crippen LogP contribution in [0.5, 0.6) is 0 Å². The maximum Gasteiger partial charge on any atom is 0.358 e. The van der Waals surface area contributed by atoms with E-state index in [4.69, 9.17) is 16.3 Å². The molecule has 0 bridgehead atoms. The van der Waals surface area contributed by atoms with Crippen LogP contribution in [0.2, 0.25) is 5.02 Å². The molecule has 0 aliphatic carbocycles. The van der Waals surface area contributed by atoms with Gasteiger partial charge >= 0.3 is 5.97 Å². The van der Waals surface area contributed by atoms with Crippen LogP contribution < -0.4 is 0 Å². The van der Waals surface area contributed by atoms with Gasteiger partial charge in [-0.25, -0.2) is 9.78 Å². The predicted octanol–water partition coefficient (Wildman–Crippen LogP) is 5.19. The fourth-order valence-electron chi connectivity index (χ4n) is 2.48. The molecule has 0 spiro atoms. The van der Waals surface area contributed by atoms with Crippen LogP contribution in [0.4, 0.5) is 0 Å². The molecule has 128 valence electrons. The Hall–Kier alpha value is -2.11. The van der Waals surface area contributed by atoms with Gasteiger partial charge < -0.3 is 9.30 Å². The Balaban J connectivity index is 2.03. The van der Waals surface area contributed by atoms with Crippen molar-refractivity contribution in [2.75, 3.05) is 6.61 Å². The molecule has 4 nitrogen and oxygen atoms in total. The molecule has 3 rings (SSSR count). The Bertz CT molecular complexity index is 891. The lowest BCUT2D eigenvalue weighted by Crippen LogP contribution is -2.05. The molecular weight excluding hydrogens is 404 g/mol. The molecule has 0 saturated carbocycles. The number of carbonyl (C=O) groups excluding carboxylic acids is 1. The van der Waals surface area contributed by atoms with Crippen LogP contribution in [0.15, 0.2) is 59.2 Å². The maximum atomic E-state index is 12.1. The highest BCUT2D eigenvalue weighted by Gasteiger charge is 2.17. The number of ether oxygens (including phenoxy) is 1. The quantitative estimate of drug-likeness (QED) is 0.535. The van der Waals surface area contributed by atoms with Crippen LogP contribution in [0.25, 0.3) is 11.4 Å². The summed E-state index contributed by atoms with van der Waals surface area (Å²) < 4.78 is 7.97. The van der Waals surface area contributed by atoms with Crippen molar-refractivity contribution < 1.29 is 9.53 Å². The van der Waals surface area contributed by atoms with Gasteiger partial charge in [0.15, 0.2) is 5.69 Å². The Morgan fingerprint density at radius 3 is 2.60 bits per heavy atom. The zero-order valence-electron chi connectivity index (χ0n) is 13.6. The minimum Gasteiger partial charge on any atom is -0.461 e. The molecule has 0 atom stereocenters. The number of aromatic nitrogens is 2. The van der Waals surface area contributed by atoms with Crippen molar-refractivity contribution in [1.29, 1.82) is 0 Å². The van der Waals surface area contributed by atoms with Crippen molar-refractivity contribution in [2.45, 2.75) is 13.5 Å². The largest absolute Gasteiger partial charge is 0.461 e. The van der Waals surface area contributed by atoms with Crippen molar-refractivity contribution in [3.05, 3.63) is 75.5 Å². The first-order chi connectivity index (χ1) is 12.1. The summed E-state index contributed by atoms with van der Waals surface area (Å²) in [6.45, 7) is 2.59. The van der Waals surface area contributed by atoms with Gasteiger partial charge in [-0.1, -0.05) is 57.9 Å². The van der Waals surface area contributed by atoms with Gasteiger partial charge in [-0.3, -0.25) is 0 Å². The van der Waals surface area contributed by atoms with E-state index in [1.165, 1.54) is 0 Å². The summed E-state index contributed by atoms with van der Waals surface area (Å²) in [7, 11) is 0. The van der Waals surface area contributed by atoms with Gasteiger partial charge in [-0.05, 0) is 30.7 Å². The summed E-state index contributed by atoms with van der Waals surface area (Å²) >= 11 is 9.71. The summed E-state index contributed by atoms with van der Waals surface area (Å²) in [6.07, 6.45) is 1.71. The molecule has 2 aromatic carbocycles. The summed E-state index contributed by atoms with van der Waals surface area (Å²) in [5, 5.41) is 0.677.